The van der Waals surface area contributed by atoms with Crippen LogP contribution in [0.1, 0.15) is 15.9 Å². The number of hydrogen-bond acceptors (Lipinski definition) is 3. The van der Waals surface area contributed by atoms with E-state index in [1.807, 2.05) is 30.3 Å². The molecule has 2 aromatic carbocycles. The summed E-state index contributed by atoms with van der Waals surface area (Å²) in [5, 5.41) is 8.54. The second kappa shape index (κ2) is 5.97. The summed E-state index contributed by atoms with van der Waals surface area (Å²) in [4.78, 5) is 21.7. The molecule has 2 rings (SSSR count). The molecule has 0 radical (unpaired) electrons. The fourth-order valence-corrected chi connectivity index (χ4v) is 1.62. The third kappa shape index (κ3) is 3.20. The van der Waals surface area contributed by atoms with E-state index in [2.05, 4.69) is 0 Å². The van der Waals surface area contributed by atoms with Gasteiger partial charge in [0, 0.05) is 5.56 Å². The first-order valence-electron chi connectivity index (χ1n) is 5.82. The highest BCUT2D eigenvalue weighted by Gasteiger charge is 2.16. The Morgan fingerprint density at radius 2 is 1.80 bits per heavy atom. The number of carboxylic acids is 1. The van der Waals surface area contributed by atoms with Crippen molar-refractivity contribution < 1.29 is 23.8 Å². The van der Waals surface area contributed by atoms with E-state index >= 15 is 0 Å². The Hall–Kier alpha value is -2.69. The SMILES string of the molecule is O=C(O)C(=O)c1ccc(OCc2ccccc2)c(F)c1. The maximum atomic E-state index is 13.7. The number of halogens is 1. The molecule has 102 valence electrons. The summed E-state index contributed by atoms with van der Waals surface area (Å²) in [5.41, 5.74) is 0.652. The third-order valence-electron chi connectivity index (χ3n) is 2.63. The number of ketones is 1. The van der Waals surface area contributed by atoms with Gasteiger partial charge in [0.05, 0.1) is 0 Å². The van der Waals surface area contributed by atoms with E-state index in [0.717, 1.165) is 11.6 Å². The number of carbonyl (C=O) groups is 2. The zero-order chi connectivity index (χ0) is 14.5. The Bertz CT molecular complexity index is 638. The molecule has 0 unspecified atom stereocenters. The molecule has 2 aromatic rings. The van der Waals surface area contributed by atoms with Crippen LogP contribution in [-0.4, -0.2) is 16.9 Å². The minimum Gasteiger partial charge on any atom is -0.486 e. The van der Waals surface area contributed by atoms with E-state index in [9.17, 15) is 14.0 Å². The van der Waals surface area contributed by atoms with Crippen molar-refractivity contribution in [2.24, 2.45) is 0 Å². The first kappa shape index (κ1) is 13.7. The normalized spacial score (nSPS) is 10.1. The summed E-state index contributed by atoms with van der Waals surface area (Å²) in [7, 11) is 0. The minimum absolute atomic E-state index is 0.0317. The zero-order valence-corrected chi connectivity index (χ0v) is 10.4. The quantitative estimate of drug-likeness (QED) is 0.672. The molecule has 0 saturated heterocycles. The number of carboxylic acid groups (broad SMARTS) is 1. The highest BCUT2D eigenvalue weighted by Crippen LogP contribution is 2.20. The predicted molar refractivity (Wildman–Crippen MR) is 69.1 cm³/mol. The van der Waals surface area contributed by atoms with Crippen molar-refractivity contribution in [2.45, 2.75) is 6.61 Å². The summed E-state index contributed by atoms with van der Waals surface area (Å²) < 4.78 is 19.0. The number of carbonyl (C=O) groups excluding carboxylic acids is 1. The van der Waals surface area contributed by atoms with Crippen molar-refractivity contribution in [1.29, 1.82) is 0 Å². The summed E-state index contributed by atoms with van der Waals surface area (Å²) >= 11 is 0. The average molecular weight is 274 g/mol. The van der Waals surface area contributed by atoms with E-state index in [4.69, 9.17) is 9.84 Å². The van der Waals surface area contributed by atoms with Crippen LogP contribution in [0.3, 0.4) is 0 Å². The smallest absolute Gasteiger partial charge is 0.377 e. The number of rotatable bonds is 5. The maximum Gasteiger partial charge on any atom is 0.377 e. The van der Waals surface area contributed by atoms with Crippen LogP contribution in [0.4, 0.5) is 4.39 Å². The monoisotopic (exact) mass is 274 g/mol. The van der Waals surface area contributed by atoms with Gasteiger partial charge in [-0.2, -0.15) is 0 Å². The molecule has 0 spiro atoms. The fraction of sp³-hybridized carbons (Fsp3) is 0.0667. The lowest BCUT2D eigenvalue weighted by Crippen LogP contribution is -2.13. The third-order valence-corrected chi connectivity index (χ3v) is 2.63. The summed E-state index contributed by atoms with van der Waals surface area (Å²) in [6, 6.07) is 12.5. The van der Waals surface area contributed by atoms with Crippen molar-refractivity contribution in [3.63, 3.8) is 0 Å². The number of hydrogen-bond donors (Lipinski definition) is 1. The van der Waals surface area contributed by atoms with E-state index in [0.29, 0.717) is 0 Å². The number of Topliss-reactive ketones (excluding diaryl/α,β-unsaturated/α-hetero) is 1. The molecule has 0 aliphatic rings. The molecule has 0 aromatic heterocycles. The molecular formula is C15H11FO4. The molecular weight excluding hydrogens is 263 g/mol. The first-order valence-corrected chi connectivity index (χ1v) is 5.82. The van der Waals surface area contributed by atoms with Crippen molar-refractivity contribution >= 4 is 11.8 Å². The highest BCUT2D eigenvalue weighted by atomic mass is 19.1. The van der Waals surface area contributed by atoms with Gasteiger partial charge in [0.25, 0.3) is 5.78 Å². The molecule has 0 amide bonds. The summed E-state index contributed by atoms with van der Waals surface area (Å²) in [5.74, 6) is -3.58. The van der Waals surface area contributed by atoms with Gasteiger partial charge in [-0.25, -0.2) is 9.18 Å². The van der Waals surface area contributed by atoms with Crippen molar-refractivity contribution in [3.05, 3.63) is 65.5 Å². The zero-order valence-electron chi connectivity index (χ0n) is 10.4. The molecule has 0 aliphatic heterocycles. The van der Waals surface area contributed by atoms with E-state index in [1.54, 1.807) is 0 Å². The molecule has 0 saturated carbocycles. The molecule has 0 heterocycles. The van der Waals surface area contributed by atoms with Crippen LogP contribution in [0, 0.1) is 5.82 Å². The molecule has 1 N–H and O–H groups in total. The van der Waals surface area contributed by atoms with Gasteiger partial charge in [-0.1, -0.05) is 30.3 Å². The number of ether oxygens (including phenoxy) is 1. The van der Waals surface area contributed by atoms with Gasteiger partial charge in [0.1, 0.15) is 6.61 Å². The Morgan fingerprint density at radius 3 is 2.40 bits per heavy atom. The maximum absolute atomic E-state index is 13.7. The van der Waals surface area contributed by atoms with E-state index < -0.39 is 17.6 Å². The standard InChI is InChI=1S/C15H11FO4/c16-12-8-11(14(17)15(18)19)6-7-13(12)20-9-10-4-2-1-3-5-10/h1-8H,9H2,(H,18,19). The predicted octanol–water partition coefficient (Wildman–Crippen LogP) is 2.67. The molecule has 0 bridgehead atoms. The number of benzene rings is 2. The van der Waals surface area contributed by atoms with Crippen LogP contribution in [0.2, 0.25) is 0 Å². The largest absolute Gasteiger partial charge is 0.486 e. The lowest BCUT2D eigenvalue weighted by Gasteiger charge is -2.08. The van der Waals surface area contributed by atoms with Gasteiger partial charge in [-0.3, -0.25) is 4.79 Å². The molecule has 4 nitrogen and oxygen atoms in total. The van der Waals surface area contributed by atoms with Gasteiger partial charge in [0.2, 0.25) is 0 Å². The van der Waals surface area contributed by atoms with Crippen LogP contribution in [-0.2, 0) is 11.4 Å². The van der Waals surface area contributed by atoms with Gasteiger partial charge >= 0.3 is 5.97 Å². The molecule has 0 fully saturated rings. The van der Waals surface area contributed by atoms with Gasteiger partial charge < -0.3 is 9.84 Å². The van der Waals surface area contributed by atoms with Crippen LogP contribution < -0.4 is 4.74 Å². The Morgan fingerprint density at radius 1 is 1.10 bits per heavy atom. The Kier molecular flexibility index (Phi) is 4.10. The van der Waals surface area contributed by atoms with Crippen LogP contribution >= 0.6 is 0 Å². The van der Waals surface area contributed by atoms with Gasteiger partial charge in [-0.05, 0) is 23.8 Å². The van der Waals surface area contributed by atoms with E-state index in [-0.39, 0.29) is 17.9 Å². The highest BCUT2D eigenvalue weighted by molar-refractivity contribution is 6.39. The second-order valence-corrected chi connectivity index (χ2v) is 4.05. The topological polar surface area (TPSA) is 63.6 Å². The van der Waals surface area contributed by atoms with Gasteiger partial charge in [0.15, 0.2) is 11.6 Å². The summed E-state index contributed by atoms with van der Waals surface area (Å²) in [6.45, 7) is 0.185. The van der Waals surface area contributed by atoms with E-state index in [1.165, 1.54) is 12.1 Å². The molecule has 20 heavy (non-hydrogen) atoms. The summed E-state index contributed by atoms with van der Waals surface area (Å²) in [6.07, 6.45) is 0. The van der Waals surface area contributed by atoms with Crippen LogP contribution in [0.25, 0.3) is 0 Å². The Labute approximate surface area is 114 Å². The van der Waals surface area contributed by atoms with Crippen molar-refractivity contribution in [3.8, 4) is 5.75 Å². The Balaban J connectivity index is 2.10. The van der Waals surface area contributed by atoms with Crippen molar-refractivity contribution in [1.82, 2.24) is 0 Å². The minimum atomic E-state index is -1.62. The lowest BCUT2D eigenvalue weighted by atomic mass is 10.1. The molecule has 0 atom stereocenters. The second-order valence-electron chi connectivity index (χ2n) is 4.05. The van der Waals surface area contributed by atoms with Crippen LogP contribution in [0.15, 0.2) is 48.5 Å². The first-order chi connectivity index (χ1) is 9.58. The molecule has 5 heteroatoms. The van der Waals surface area contributed by atoms with Crippen LogP contribution in [0.5, 0.6) is 5.75 Å². The van der Waals surface area contributed by atoms with Crippen molar-refractivity contribution in [2.75, 3.05) is 0 Å². The number of aliphatic carboxylic acids is 1. The fourth-order valence-electron chi connectivity index (χ4n) is 1.62. The average Bonchev–Trinajstić information content (AvgIpc) is 2.46. The van der Waals surface area contributed by atoms with Gasteiger partial charge in [-0.15, -0.1) is 0 Å². The lowest BCUT2D eigenvalue weighted by molar-refractivity contribution is -0.131. The molecule has 0 aliphatic carbocycles.